The highest BCUT2D eigenvalue weighted by atomic mass is 16.6. The zero-order valence-electron chi connectivity index (χ0n) is 17.7. The van der Waals surface area contributed by atoms with Crippen LogP contribution in [0.5, 0.6) is 6.08 Å². The number of ether oxygens (including phenoxy) is 1. The highest BCUT2D eigenvalue weighted by Gasteiger charge is 2.25. The summed E-state index contributed by atoms with van der Waals surface area (Å²) in [6.45, 7) is 5.62. The molecule has 1 aromatic heterocycles. The van der Waals surface area contributed by atoms with Crippen molar-refractivity contribution in [2.45, 2.75) is 32.6 Å². The maximum atomic E-state index is 13.1. The number of carbonyl (C=O) groups excluding carboxylic acids is 1. The van der Waals surface area contributed by atoms with Crippen LogP contribution in [-0.2, 0) is 0 Å². The van der Waals surface area contributed by atoms with Crippen LogP contribution in [-0.4, -0.2) is 40.7 Å². The predicted molar refractivity (Wildman–Crippen MR) is 115 cm³/mol. The predicted octanol–water partition coefficient (Wildman–Crippen LogP) is 4.34. The lowest BCUT2D eigenvalue weighted by Crippen LogP contribution is -2.37. The lowest BCUT2D eigenvalue weighted by atomic mass is 9.89. The first-order valence-electron chi connectivity index (χ1n) is 10.5. The average Bonchev–Trinajstić information content (AvgIpc) is 3.28. The molecule has 1 amide bonds. The van der Waals surface area contributed by atoms with Gasteiger partial charge in [0.25, 0.3) is 11.8 Å². The average molecular weight is 416 g/mol. The van der Waals surface area contributed by atoms with Crippen LogP contribution in [0.25, 0.3) is 11.5 Å². The van der Waals surface area contributed by atoms with Gasteiger partial charge in [0.05, 0.1) is 18.2 Å². The van der Waals surface area contributed by atoms with Crippen molar-refractivity contribution in [3.05, 3.63) is 64.7 Å². The topological polar surface area (TPSA) is 92.3 Å². The van der Waals surface area contributed by atoms with Gasteiger partial charge in [0.15, 0.2) is 0 Å². The highest BCUT2D eigenvalue weighted by molar-refractivity contribution is 5.95. The normalized spacial score (nSPS) is 14.3. The molecule has 0 aliphatic carbocycles. The Morgan fingerprint density at radius 1 is 1.19 bits per heavy atom. The van der Waals surface area contributed by atoms with Crippen LogP contribution in [0.4, 0.5) is 0 Å². The molecule has 1 fully saturated rings. The molecule has 0 radical (unpaired) electrons. The van der Waals surface area contributed by atoms with E-state index in [4.69, 9.17) is 14.4 Å². The van der Waals surface area contributed by atoms with Gasteiger partial charge in [0, 0.05) is 24.2 Å². The molecule has 7 nitrogen and oxygen atoms in total. The Hall–Kier alpha value is -3.66. The number of nitrogens with zero attached hydrogens (tertiary/aromatic N) is 4. The van der Waals surface area contributed by atoms with E-state index in [1.165, 1.54) is 5.56 Å². The van der Waals surface area contributed by atoms with Crippen LogP contribution in [0.3, 0.4) is 0 Å². The summed E-state index contributed by atoms with van der Waals surface area (Å²) in [4.78, 5) is 15.0. The van der Waals surface area contributed by atoms with E-state index in [1.807, 2.05) is 61.2 Å². The minimum Gasteiger partial charge on any atom is -0.449 e. The number of rotatable bonds is 5. The van der Waals surface area contributed by atoms with Crippen molar-refractivity contribution >= 4 is 5.91 Å². The van der Waals surface area contributed by atoms with Gasteiger partial charge in [-0.25, -0.2) is 0 Å². The zero-order valence-corrected chi connectivity index (χ0v) is 17.7. The number of hydrogen-bond acceptors (Lipinski definition) is 6. The first kappa shape index (κ1) is 20.6. The summed E-state index contributed by atoms with van der Waals surface area (Å²) in [5.74, 6) is 0.750. The Balaban J connectivity index is 1.45. The van der Waals surface area contributed by atoms with Crippen molar-refractivity contribution in [3.8, 4) is 23.6 Å². The van der Waals surface area contributed by atoms with Crippen molar-refractivity contribution in [2.75, 3.05) is 19.7 Å². The first-order chi connectivity index (χ1) is 15.1. The number of piperidine rings is 1. The molecular formula is C24H24N4O3. The van der Waals surface area contributed by atoms with Crippen LogP contribution in [0.15, 0.2) is 46.9 Å². The lowest BCUT2D eigenvalue weighted by molar-refractivity contribution is 0.0713. The van der Waals surface area contributed by atoms with Crippen molar-refractivity contribution in [2.24, 2.45) is 0 Å². The minimum absolute atomic E-state index is 0.00377. The first-order valence-corrected chi connectivity index (χ1v) is 10.5. The Kier molecular flexibility index (Phi) is 5.99. The lowest BCUT2D eigenvalue weighted by Gasteiger charge is -2.32. The molecule has 3 aromatic rings. The van der Waals surface area contributed by atoms with Gasteiger partial charge in [-0.2, -0.15) is 5.26 Å². The van der Waals surface area contributed by atoms with Crippen molar-refractivity contribution < 1.29 is 13.9 Å². The van der Waals surface area contributed by atoms with Gasteiger partial charge < -0.3 is 14.1 Å². The molecule has 2 heterocycles. The summed E-state index contributed by atoms with van der Waals surface area (Å²) in [6, 6.07) is 15.5. The molecule has 7 heteroatoms. The van der Waals surface area contributed by atoms with E-state index in [1.54, 1.807) is 0 Å². The molecule has 1 aliphatic heterocycles. The largest absolute Gasteiger partial charge is 0.449 e. The molecule has 0 spiro atoms. The molecule has 0 bridgehead atoms. The number of amides is 1. The quantitative estimate of drug-likeness (QED) is 0.614. The smallest absolute Gasteiger partial charge is 0.414 e. The fourth-order valence-electron chi connectivity index (χ4n) is 3.91. The minimum atomic E-state index is 0.00377. The molecule has 0 saturated carbocycles. The summed E-state index contributed by atoms with van der Waals surface area (Å²) in [7, 11) is 0. The van der Waals surface area contributed by atoms with E-state index in [9.17, 15) is 4.79 Å². The third-order valence-electron chi connectivity index (χ3n) is 5.68. The van der Waals surface area contributed by atoms with Crippen LogP contribution in [0.1, 0.15) is 52.7 Å². The molecule has 4 rings (SSSR count). The maximum absolute atomic E-state index is 13.1. The molecule has 1 aliphatic rings. The third-order valence-corrected chi connectivity index (χ3v) is 5.68. The van der Waals surface area contributed by atoms with E-state index < -0.39 is 0 Å². The fraction of sp³-hybridized carbons (Fsp3) is 0.333. The summed E-state index contributed by atoms with van der Waals surface area (Å²) in [6.07, 6.45) is 1.92. The van der Waals surface area contributed by atoms with E-state index in [2.05, 4.69) is 16.3 Å². The van der Waals surface area contributed by atoms with Gasteiger partial charge in [-0.3, -0.25) is 4.79 Å². The van der Waals surface area contributed by atoms with Gasteiger partial charge in [-0.1, -0.05) is 23.3 Å². The molecular weight excluding hydrogens is 392 g/mol. The Morgan fingerprint density at radius 3 is 2.61 bits per heavy atom. The van der Waals surface area contributed by atoms with E-state index >= 15 is 0 Å². The molecule has 31 heavy (non-hydrogen) atoms. The Bertz CT molecular complexity index is 1110. The van der Waals surface area contributed by atoms with Gasteiger partial charge >= 0.3 is 6.08 Å². The number of hydrogen-bond donors (Lipinski definition) is 0. The number of carbonyl (C=O) groups is 1. The van der Waals surface area contributed by atoms with Crippen molar-refractivity contribution in [1.29, 1.82) is 5.26 Å². The molecule has 1 saturated heterocycles. The Labute approximate surface area is 181 Å². The van der Waals surface area contributed by atoms with Crippen LogP contribution >= 0.6 is 0 Å². The molecule has 158 valence electrons. The van der Waals surface area contributed by atoms with Gasteiger partial charge in [0.2, 0.25) is 0 Å². The van der Waals surface area contributed by atoms with Gasteiger partial charge in [0.1, 0.15) is 0 Å². The SMILES string of the molecule is CCOc1nnc(-c2cc(C(=O)N3CCC(c4ccc(C#N)cc4)CC3)ccc2C)o1. The van der Waals surface area contributed by atoms with Gasteiger partial charge in [-0.05, 0) is 68.0 Å². The van der Waals surface area contributed by atoms with E-state index in [0.717, 1.165) is 24.0 Å². The maximum Gasteiger partial charge on any atom is 0.414 e. The third kappa shape index (κ3) is 4.43. The van der Waals surface area contributed by atoms with Crippen molar-refractivity contribution in [3.63, 3.8) is 0 Å². The monoisotopic (exact) mass is 416 g/mol. The standard InChI is InChI=1S/C24H24N4O3/c1-3-30-24-27-26-22(31-24)21-14-20(7-4-16(21)2)23(29)28-12-10-19(11-13-28)18-8-5-17(15-25)6-9-18/h4-9,14,19H,3,10-13H2,1-2H3. The fourth-order valence-corrected chi connectivity index (χ4v) is 3.91. The Morgan fingerprint density at radius 2 is 1.94 bits per heavy atom. The molecule has 2 aromatic carbocycles. The second-order valence-corrected chi connectivity index (χ2v) is 7.64. The van der Waals surface area contributed by atoms with Gasteiger partial charge in [-0.15, -0.1) is 5.10 Å². The second kappa shape index (κ2) is 9.00. The number of benzene rings is 2. The molecule has 0 atom stereocenters. The highest BCUT2D eigenvalue weighted by Crippen LogP contribution is 2.30. The van der Waals surface area contributed by atoms with Crippen molar-refractivity contribution in [1.82, 2.24) is 15.1 Å². The van der Waals surface area contributed by atoms with Crippen LogP contribution < -0.4 is 4.74 Å². The molecule has 0 N–H and O–H groups in total. The van der Waals surface area contributed by atoms with Crippen LogP contribution in [0.2, 0.25) is 0 Å². The summed E-state index contributed by atoms with van der Waals surface area (Å²) >= 11 is 0. The summed E-state index contributed by atoms with van der Waals surface area (Å²) in [5.41, 5.74) is 4.18. The summed E-state index contributed by atoms with van der Waals surface area (Å²) in [5, 5.41) is 16.9. The van der Waals surface area contributed by atoms with E-state index in [-0.39, 0.29) is 12.0 Å². The van der Waals surface area contributed by atoms with E-state index in [0.29, 0.717) is 42.6 Å². The summed E-state index contributed by atoms with van der Waals surface area (Å²) < 4.78 is 10.8. The molecule has 0 unspecified atom stereocenters. The number of likely N-dealkylation sites (tertiary alicyclic amines) is 1. The second-order valence-electron chi connectivity index (χ2n) is 7.64. The van der Waals surface area contributed by atoms with Crippen LogP contribution in [0, 0.1) is 18.3 Å². The number of aryl methyl sites for hydroxylation is 1. The number of nitriles is 1. The zero-order chi connectivity index (χ0) is 21.8. The number of aromatic nitrogens is 2.